The first-order chi connectivity index (χ1) is 16.5. The minimum Gasteiger partial charge on any atom is -0.543 e. The van der Waals surface area contributed by atoms with Crippen LogP contribution in [-0.2, 0) is 6.54 Å². The number of nitrogens with one attached hydrogen (secondary N) is 2. The molecule has 1 unspecified atom stereocenters. The molecule has 174 valence electrons. The van der Waals surface area contributed by atoms with Gasteiger partial charge in [-0.3, -0.25) is 5.32 Å². The fourth-order valence-corrected chi connectivity index (χ4v) is 7.05. The van der Waals surface area contributed by atoms with E-state index in [0.717, 1.165) is 18.0 Å². The monoisotopic (exact) mass is 484 g/mol. The molecule has 1 atom stereocenters. The van der Waals surface area contributed by atoms with E-state index in [1.165, 1.54) is 16.2 Å². The fourth-order valence-electron chi connectivity index (χ4n) is 3.79. The smallest absolute Gasteiger partial charge is 0.242 e. The van der Waals surface area contributed by atoms with Crippen LogP contribution in [0.4, 0.5) is 5.69 Å². The summed E-state index contributed by atoms with van der Waals surface area (Å²) in [5.74, 6) is 0.927. The Labute approximate surface area is 206 Å². The van der Waals surface area contributed by atoms with Crippen LogP contribution in [0.25, 0.3) is 0 Å². The zero-order valence-corrected chi connectivity index (χ0v) is 22.0. The molecule has 0 bridgehead atoms. The molecule has 0 aliphatic rings. The van der Waals surface area contributed by atoms with Crippen molar-refractivity contribution in [2.45, 2.75) is 32.1 Å². The van der Waals surface area contributed by atoms with E-state index < -0.39 is 16.2 Å². The fraction of sp³-hybridized carbons (Fsp3) is 0.172. The topological polar surface area (TPSA) is 33.3 Å². The lowest BCUT2D eigenvalue weighted by atomic mass is 10.2. The van der Waals surface area contributed by atoms with Gasteiger partial charge in [-0.05, 0) is 55.9 Å². The average Bonchev–Trinajstić information content (AvgIpc) is 2.85. The minimum atomic E-state index is -1.76. The van der Waals surface area contributed by atoms with Crippen LogP contribution in [0.5, 0.6) is 5.75 Å². The second-order valence-electron chi connectivity index (χ2n) is 9.17. The van der Waals surface area contributed by atoms with Gasteiger partial charge in [0, 0.05) is 6.54 Å². The second-order valence-corrected chi connectivity index (χ2v) is 15.9. The molecule has 0 radical (unpaired) electrons. The van der Waals surface area contributed by atoms with E-state index in [1.54, 1.807) is 0 Å². The molecular formula is C29H33N2OPSi. The Morgan fingerprint density at radius 2 is 1.18 bits per heavy atom. The standard InChI is InChI=1S/C29H33N2OPSi/c1-34(2,3)32-28-22-14-13-21-27(28)31-29(30-23-24-15-7-4-8-16-24)33(25-17-9-5-10-18-25)26-19-11-6-12-20-26/h4-22,29-31H,23H2,1-3H3. The average molecular weight is 485 g/mol. The largest absolute Gasteiger partial charge is 0.543 e. The van der Waals surface area contributed by atoms with Crippen LogP contribution in [0.2, 0.25) is 19.6 Å². The Hall–Kier alpha value is -2.91. The third kappa shape index (κ3) is 6.80. The van der Waals surface area contributed by atoms with Crippen molar-refractivity contribution in [3.8, 4) is 5.75 Å². The summed E-state index contributed by atoms with van der Waals surface area (Å²) in [6.45, 7) is 7.43. The Balaban J connectivity index is 1.73. The van der Waals surface area contributed by atoms with Gasteiger partial charge in [0.25, 0.3) is 0 Å². The van der Waals surface area contributed by atoms with E-state index >= 15 is 0 Å². The van der Waals surface area contributed by atoms with E-state index in [4.69, 9.17) is 4.43 Å². The number of anilines is 1. The predicted molar refractivity (Wildman–Crippen MR) is 150 cm³/mol. The summed E-state index contributed by atoms with van der Waals surface area (Å²) < 4.78 is 6.44. The predicted octanol–water partition coefficient (Wildman–Crippen LogP) is 6.52. The van der Waals surface area contributed by atoms with Gasteiger partial charge in [0.05, 0.1) is 5.69 Å². The Morgan fingerprint density at radius 1 is 0.676 bits per heavy atom. The van der Waals surface area contributed by atoms with Gasteiger partial charge < -0.3 is 9.74 Å². The molecule has 34 heavy (non-hydrogen) atoms. The first-order valence-electron chi connectivity index (χ1n) is 11.7. The van der Waals surface area contributed by atoms with Gasteiger partial charge in [-0.1, -0.05) is 103 Å². The molecule has 0 heterocycles. The van der Waals surface area contributed by atoms with Crippen LogP contribution in [0.15, 0.2) is 115 Å². The van der Waals surface area contributed by atoms with Gasteiger partial charge in [0.1, 0.15) is 11.7 Å². The molecule has 2 N–H and O–H groups in total. The quantitative estimate of drug-likeness (QED) is 0.153. The van der Waals surface area contributed by atoms with Crippen molar-refractivity contribution >= 4 is 32.5 Å². The normalized spacial score (nSPS) is 12.4. The number of para-hydroxylation sites is 2. The summed E-state index contributed by atoms with van der Waals surface area (Å²) in [6.07, 6.45) is 0. The van der Waals surface area contributed by atoms with Gasteiger partial charge in [-0.15, -0.1) is 0 Å². The van der Waals surface area contributed by atoms with Crippen molar-refractivity contribution in [1.29, 1.82) is 0 Å². The molecule has 4 rings (SSSR count). The Bertz CT molecular complexity index is 1110. The third-order valence-electron chi connectivity index (χ3n) is 5.26. The lowest BCUT2D eigenvalue weighted by molar-refractivity contribution is 0.557. The maximum atomic E-state index is 6.44. The highest BCUT2D eigenvalue weighted by Crippen LogP contribution is 2.40. The summed E-state index contributed by atoms with van der Waals surface area (Å²) in [5, 5.41) is 10.3. The lowest BCUT2D eigenvalue weighted by Gasteiger charge is -2.32. The van der Waals surface area contributed by atoms with Gasteiger partial charge >= 0.3 is 0 Å². The van der Waals surface area contributed by atoms with Gasteiger partial charge in [0.2, 0.25) is 8.32 Å². The van der Waals surface area contributed by atoms with Crippen molar-refractivity contribution in [3.63, 3.8) is 0 Å². The molecule has 0 amide bonds. The molecule has 0 saturated heterocycles. The van der Waals surface area contributed by atoms with Gasteiger partial charge in [-0.25, -0.2) is 0 Å². The van der Waals surface area contributed by atoms with Crippen molar-refractivity contribution in [2.24, 2.45) is 0 Å². The molecule has 0 fully saturated rings. The van der Waals surface area contributed by atoms with Crippen LogP contribution in [0.3, 0.4) is 0 Å². The number of hydrogen-bond donors (Lipinski definition) is 2. The second kappa shape index (κ2) is 11.5. The summed E-state index contributed by atoms with van der Waals surface area (Å²) in [7, 11) is -2.51. The molecule has 4 aromatic rings. The van der Waals surface area contributed by atoms with Crippen molar-refractivity contribution in [2.75, 3.05) is 5.32 Å². The van der Waals surface area contributed by atoms with Crippen LogP contribution < -0.4 is 25.7 Å². The third-order valence-corrected chi connectivity index (χ3v) is 8.63. The summed E-state index contributed by atoms with van der Waals surface area (Å²) in [5.41, 5.74) is 2.28. The summed E-state index contributed by atoms with van der Waals surface area (Å²) >= 11 is 0. The highest BCUT2D eigenvalue weighted by Gasteiger charge is 2.26. The van der Waals surface area contributed by atoms with E-state index in [-0.39, 0.29) is 5.91 Å². The molecular weight excluding hydrogens is 451 g/mol. The molecule has 0 aliphatic heterocycles. The molecule has 0 saturated carbocycles. The molecule has 0 aliphatic carbocycles. The summed E-state index contributed by atoms with van der Waals surface area (Å²) in [6, 6.07) is 40.5. The van der Waals surface area contributed by atoms with Crippen LogP contribution >= 0.6 is 7.92 Å². The minimum absolute atomic E-state index is 0.00592. The van der Waals surface area contributed by atoms with Gasteiger partial charge in [0.15, 0.2) is 0 Å². The molecule has 0 spiro atoms. The molecule has 4 aromatic carbocycles. The number of hydrogen-bond acceptors (Lipinski definition) is 3. The van der Waals surface area contributed by atoms with E-state index in [1.807, 2.05) is 6.07 Å². The van der Waals surface area contributed by atoms with Crippen LogP contribution in [0.1, 0.15) is 5.56 Å². The van der Waals surface area contributed by atoms with Crippen LogP contribution in [-0.4, -0.2) is 14.2 Å². The van der Waals surface area contributed by atoms with Gasteiger partial charge in [-0.2, -0.15) is 0 Å². The first kappa shape index (κ1) is 24.2. The maximum absolute atomic E-state index is 6.44. The zero-order chi connectivity index (χ0) is 23.8. The summed E-state index contributed by atoms with van der Waals surface area (Å²) in [4.78, 5) is 0. The van der Waals surface area contributed by atoms with Crippen molar-refractivity contribution < 1.29 is 4.43 Å². The number of benzene rings is 4. The van der Waals surface area contributed by atoms with E-state index in [2.05, 4.69) is 139 Å². The van der Waals surface area contributed by atoms with Crippen LogP contribution in [0, 0.1) is 0 Å². The molecule has 0 aromatic heterocycles. The SMILES string of the molecule is C[Si](C)(C)Oc1ccccc1NC(NCc1ccccc1)P(c1ccccc1)c1ccccc1. The van der Waals surface area contributed by atoms with E-state index in [9.17, 15) is 0 Å². The highest BCUT2D eigenvalue weighted by molar-refractivity contribution is 7.73. The lowest BCUT2D eigenvalue weighted by Crippen LogP contribution is -2.40. The van der Waals surface area contributed by atoms with Crippen molar-refractivity contribution in [1.82, 2.24) is 5.32 Å². The Morgan fingerprint density at radius 3 is 1.74 bits per heavy atom. The first-order valence-corrected chi connectivity index (χ1v) is 16.5. The molecule has 5 heteroatoms. The Kier molecular flexibility index (Phi) is 8.18. The van der Waals surface area contributed by atoms with E-state index in [0.29, 0.717) is 0 Å². The van der Waals surface area contributed by atoms with Crippen molar-refractivity contribution in [3.05, 3.63) is 121 Å². The number of rotatable bonds is 10. The highest BCUT2D eigenvalue weighted by atomic mass is 31.1. The maximum Gasteiger partial charge on any atom is 0.242 e. The zero-order valence-electron chi connectivity index (χ0n) is 20.1. The molecule has 3 nitrogen and oxygen atoms in total.